The van der Waals surface area contributed by atoms with Crippen LogP contribution in [0.25, 0.3) is 0 Å². The summed E-state index contributed by atoms with van der Waals surface area (Å²) in [5.74, 6) is -0.744. The first-order valence-corrected chi connectivity index (χ1v) is 4.19. The summed E-state index contributed by atoms with van der Waals surface area (Å²) in [6.45, 7) is 0. The van der Waals surface area contributed by atoms with Gasteiger partial charge in [-0.15, -0.1) is 0 Å². The molecule has 0 aromatic rings. The zero-order valence-corrected chi connectivity index (χ0v) is 6.88. The number of rotatable bonds is 3. The van der Waals surface area contributed by atoms with Gasteiger partial charge in [0.25, 0.3) is 0 Å². The number of carboxylic acid groups (broad SMARTS) is 1. The Labute approximate surface area is 71.0 Å². The van der Waals surface area contributed by atoms with Gasteiger partial charge in [-0.25, -0.2) is 0 Å². The van der Waals surface area contributed by atoms with E-state index in [2.05, 4.69) is 5.32 Å². The highest BCUT2D eigenvalue weighted by Gasteiger charge is 2.18. The van der Waals surface area contributed by atoms with Gasteiger partial charge in [0.2, 0.25) is 5.91 Å². The molecule has 4 heteroatoms. The smallest absolute Gasteiger partial charge is 0.303 e. The van der Waals surface area contributed by atoms with E-state index in [9.17, 15) is 9.59 Å². The minimum Gasteiger partial charge on any atom is -0.481 e. The van der Waals surface area contributed by atoms with Crippen LogP contribution in [0.1, 0.15) is 32.1 Å². The molecule has 0 saturated carbocycles. The van der Waals surface area contributed by atoms with Crippen LogP contribution in [0.15, 0.2) is 0 Å². The van der Waals surface area contributed by atoms with Gasteiger partial charge in [0, 0.05) is 18.9 Å². The van der Waals surface area contributed by atoms with Crippen molar-refractivity contribution >= 4 is 11.9 Å². The van der Waals surface area contributed by atoms with Gasteiger partial charge in [-0.2, -0.15) is 0 Å². The maximum absolute atomic E-state index is 10.9. The maximum atomic E-state index is 10.9. The minimum absolute atomic E-state index is 0.0524. The van der Waals surface area contributed by atoms with E-state index < -0.39 is 5.97 Å². The molecule has 68 valence electrons. The van der Waals surface area contributed by atoms with Gasteiger partial charge < -0.3 is 10.4 Å². The number of carbonyl (C=O) groups is 2. The summed E-state index contributed by atoms with van der Waals surface area (Å²) < 4.78 is 0. The van der Waals surface area contributed by atoms with E-state index in [1.54, 1.807) is 0 Å². The van der Waals surface area contributed by atoms with Crippen LogP contribution < -0.4 is 5.32 Å². The third-order valence-corrected chi connectivity index (χ3v) is 2.03. The number of piperidine rings is 1. The number of carbonyl (C=O) groups excluding carboxylic acids is 1. The van der Waals surface area contributed by atoms with Crippen molar-refractivity contribution in [3.8, 4) is 0 Å². The number of nitrogens with one attached hydrogen (secondary N) is 1. The Hall–Kier alpha value is -1.06. The highest BCUT2D eigenvalue weighted by atomic mass is 16.4. The molecule has 12 heavy (non-hydrogen) atoms. The van der Waals surface area contributed by atoms with Crippen LogP contribution in [0.3, 0.4) is 0 Å². The number of hydrogen-bond acceptors (Lipinski definition) is 2. The lowest BCUT2D eigenvalue weighted by atomic mass is 10.0. The predicted molar refractivity (Wildman–Crippen MR) is 42.7 cm³/mol. The molecule has 0 aliphatic carbocycles. The lowest BCUT2D eigenvalue weighted by Gasteiger charge is -2.22. The topological polar surface area (TPSA) is 66.4 Å². The first kappa shape index (κ1) is 9.03. The van der Waals surface area contributed by atoms with E-state index in [1.807, 2.05) is 0 Å². The van der Waals surface area contributed by atoms with Gasteiger partial charge in [-0.1, -0.05) is 0 Å². The molecule has 2 N–H and O–H groups in total. The van der Waals surface area contributed by atoms with Crippen molar-refractivity contribution in [1.82, 2.24) is 5.32 Å². The van der Waals surface area contributed by atoms with Crippen LogP contribution in [0.2, 0.25) is 0 Å². The molecule has 0 spiro atoms. The monoisotopic (exact) mass is 171 g/mol. The Kier molecular flexibility index (Phi) is 3.08. The Balaban J connectivity index is 2.23. The standard InChI is InChI=1S/C8H13NO3/c10-7-3-1-2-6(9-7)4-5-8(11)12/h6H,1-5H2,(H,9,10)(H,11,12). The summed E-state index contributed by atoms with van der Waals surface area (Å²) in [5, 5.41) is 11.2. The fourth-order valence-corrected chi connectivity index (χ4v) is 1.40. The molecular formula is C8H13NO3. The van der Waals surface area contributed by atoms with Crippen LogP contribution in [-0.4, -0.2) is 23.0 Å². The number of hydrogen-bond donors (Lipinski definition) is 2. The van der Waals surface area contributed by atoms with E-state index in [-0.39, 0.29) is 18.4 Å². The second-order valence-electron chi connectivity index (χ2n) is 3.09. The summed E-state index contributed by atoms with van der Waals surface area (Å²) >= 11 is 0. The molecule has 1 heterocycles. The predicted octanol–water partition coefficient (Wildman–Crippen LogP) is 0.520. The molecule has 1 rings (SSSR count). The van der Waals surface area contributed by atoms with E-state index in [4.69, 9.17) is 5.11 Å². The van der Waals surface area contributed by atoms with Crippen molar-refractivity contribution in [3.05, 3.63) is 0 Å². The van der Waals surface area contributed by atoms with Crippen LogP contribution >= 0.6 is 0 Å². The summed E-state index contributed by atoms with van der Waals surface area (Å²) in [6, 6.07) is 0.0855. The van der Waals surface area contributed by atoms with Gasteiger partial charge in [0.1, 0.15) is 0 Å². The molecule has 1 unspecified atom stereocenters. The zero-order chi connectivity index (χ0) is 8.97. The lowest BCUT2D eigenvalue weighted by molar-refractivity contribution is -0.137. The quantitative estimate of drug-likeness (QED) is 0.650. The van der Waals surface area contributed by atoms with Crippen molar-refractivity contribution in [2.75, 3.05) is 0 Å². The summed E-state index contributed by atoms with van der Waals surface area (Å²) in [6.07, 6.45) is 3.09. The average Bonchev–Trinajstić information content (AvgIpc) is 2.01. The molecule has 4 nitrogen and oxygen atoms in total. The van der Waals surface area contributed by atoms with Crippen molar-refractivity contribution in [2.45, 2.75) is 38.1 Å². The van der Waals surface area contributed by atoms with E-state index in [1.165, 1.54) is 0 Å². The molecule has 1 saturated heterocycles. The summed E-state index contributed by atoms with van der Waals surface area (Å²) in [5.41, 5.74) is 0. The molecule has 1 amide bonds. The first-order valence-electron chi connectivity index (χ1n) is 4.19. The molecular weight excluding hydrogens is 158 g/mol. The summed E-state index contributed by atoms with van der Waals surface area (Å²) in [4.78, 5) is 21.1. The third kappa shape index (κ3) is 2.90. The van der Waals surface area contributed by atoms with Crippen molar-refractivity contribution in [2.24, 2.45) is 0 Å². The number of aliphatic carboxylic acids is 1. The van der Waals surface area contributed by atoms with Crippen LogP contribution in [-0.2, 0) is 9.59 Å². The zero-order valence-electron chi connectivity index (χ0n) is 6.88. The third-order valence-electron chi connectivity index (χ3n) is 2.03. The molecule has 1 aliphatic rings. The van der Waals surface area contributed by atoms with Gasteiger partial charge in [0.15, 0.2) is 0 Å². The van der Waals surface area contributed by atoms with E-state index >= 15 is 0 Å². The highest BCUT2D eigenvalue weighted by molar-refractivity contribution is 5.77. The van der Waals surface area contributed by atoms with Crippen LogP contribution in [0, 0.1) is 0 Å². The first-order chi connectivity index (χ1) is 5.68. The Morgan fingerprint density at radius 1 is 1.67 bits per heavy atom. The molecule has 1 atom stereocenters. The largest absolute Gasteiger partial charge is 0.481 e. The number of amides is 1. The van der Waals surface area contributed by atoms with Gasteiger partial charge in [-0.3, -0.25) is 9.59 Å². The lowest BCUT2D eigenvalue weighted by Crippen LogP contribution is -2.38. The molecule has 1 aliphatic heterocycles. The van der Waals surface area contributed by atoms with Crippen LogP contribution in [0.4, 0.5) is 0 Å². The molecule has 0 aromatic carbocycles. The maximum Gasteiger partial charge on any atom is 0.303 e. The fourth-order valence-electron chi connectivity index (χ4n) is 1.40. The van der Waals surface area contributed by atoms with Gasteiger partial charge in [-0.05, 0) is 19.3 Å². The highest BCUT2D eigenvalue weighted by Crippen LogP contribution is 2.12. The Bertz CT molecular complexity index is 191. The summed E-state index contributed by atoms with van der Waals surface area (Å²) in [7, 11) is 0. The molecule has 0 bridgehead atoms. The Morgan fingerprint density at radius 3 is 3.00 bits per heavy atom. The normalized spacial score (nSPS) is 23.3. The van der Waals surface area contributed by atoms with Crippen LogP contribution in [0.5, 0.6) is 0 Å². The van der Waals surface area contributed by atoms with Crippen molar-refractivity contribution in [1.29, 1.82) is 0 Å². The van der Waals surface area contributed by atoms with Gasteiger partial charge >= 0.3 is 5.97 Å². The van der Waals surface area contributed by atoms with E-state index in [0.717, 1.165) is 12.8 Å². The SMILES string of the molecule is O=C(O)CCC1CCCC(=O)N1. The molecule has 1 fully saturated rings. The van der Waals surface area contributed by atoms with Crippen molar-refractivity contribution in [3.63, 3.8) is 0 Å². The average molecular weight is 171 g/mol. The van der Waals surface area contributed by atoms with Crippen molar-refractivity contribution < 1.29 is 14.7 Å². The molecule has 0 aromatic heterocycles. The van der Waals surface area contributed by atoms with Gasteiger partial charge in [0.05, 0.1) is 0 Å². The minimum atomic E-state index is -0.796. The second kappa shape index (κ2) is 4.09. The second-order valence-corrected chi connectivity index (χ2v) is 3.09. The Morgan fingerprint density at radius 2 is 2.42 bits per heavy atom. The van der Waals surface area contributed by atoms with E-state index in [0.29, 0.717) is 12.8 Å². The molecule has 0 radical (unpaired) electrons. The fraction of sp³-hybridized carbons (Fsp3) is 0.750. The number of carboxylic acids is 1.